The summed E-state index contributed by atoms with van der Waals surface area (Å²) in [5.41, 5.74) is 3.18. The third kappa shape index (κ3) is 3.09. The van der Waals surface area contributed by atoms with E-state index in [1.807, 2.05) is 19.1 Å². The van der Waals surface area contributed by atoms with Crippen LogP contribution in [0.4, 0.5) is 5.69 Å². The van der Waals surface area contributed by atoms with Crippen LogP contribution in [0.3, 0.4) is 0 Å². The number of para-hydroxylation sites is 1. The number of nitro groups is 1. The minimum absolute atomic E-state index is 0.121. The Balaban J connectivity index is 1.81. The molecule has 0 aliphatic heterocycles. The maximum Gasteiger partial charge on any atom is 0.269 e. The highest BCUT2D eigenvalue weighted by molar-refractivity contribution is 7.98. The van der Waals surface area contributed by atoms with E-state index in [0.717, 1.165) is 32.8 Å². The van der Waals surface area contributed by atoms with Crippen molar-refractivity contribution in [3.8, 4) is 0 Å². The zero-order chi connectivity index (χ0) is 15.5. The van der Waals surface area contributed by atoms with Gasteiger partial charge in [0.25, 0.3) is 5.69 Å². The molecule has 0 bridgehead atoms. The van der Waals surface area contributed by atoms with E-state index in [4.69, 9.17) is 0 Å². The summed E-state index contributed by atoms with van der Waals surface area (Å²) in [5, 5.41) is 11.8. The number of hydrogen-bond acceptors (Lipinski definition) is 4. The second-order valence-corrected chi connectivity index (χ2v) is 6.01. The fourth-order valence-corrected chi connectivity index (χ4v) is 3.20. The molecule has 0 aliphatic rings. The van der Waals surface area contributed by atoms with Crippen molar-refractivity contribution in [3.63, 3.8) is 0 Å². The van der Waals surface area contributed by atoms with Gasteiger partial charge < -0.3 is 0 Å². The molecule has 1 heterocycles. The minimum atomic E-state index is -0.381. The first kappa shape index (κ1) is 14.5. The van der Waals surface area contributed by atoms with Crippen LogP contribution in [0.2, 0.25) is 0 Å². The summed E-state index contributed by atoms with van der Waals surface area (Å²) in [4.78, 5) is 16.0. The van der Waals surface area contributed by atoms with Crippen LogP contribution >= 0.6 is 11.8 Å². The number of rotatable bonds is 4. The number of aryl methyl sites for hydroxylation is 1. The molecule has 3 aromatic rings. The number of fused-ring (bicyclic) bond motifs is 1. The fraction of sp³-hybridized carbons (Fsp3) is 0.118. The summed E-state index contributed by atoms with van der Waals surface area (Å²) in [6.45, 7) is 1.98. The first-order chi connectivity index (χ1) is 10.6. The van der Waals surface area contributed by atoms with E-state index in [9.17, 15) is 10.1 Å². The van der Waals surface area contributed by atoms with Gasteiger partial charge in [0.2, 0.25) is 0 Å². The summed E-state index contributed by atoms with van der Waals surface area (Å²) < 4.78 is 0. The maximum absolute atomic E-state index is 10.7. The van der Waals surface area contributed by atoms with Crippen LogP contribution in [0.1, 0.15) is 11.3 Å². The molecule has 3 rings (SSSR count). The fourth-order valence-electron chi connectivity index (χ4n) is 2.21. The van der Waals surface area contributed by atoms with Gasteiger partial charge in [-0.25, -0.2) is 0 Å². The molecule has 0 saturated heterocycles. The highest BCUT2D eigenvalue weighted by atomic mass is 32.2. The topological polar surface area (TPSA) is 56.0 Å². The van der Waals surface area contributed by atoms with E-state index in [1.54, 1.807) is 36.0 Å². The van der Waals surface area contributed by atoms with Gasteiger partial charge in [0.15, 0.2) is 0 Å². The SMILES string of the molecule is Cc1ccc2cccc(SCc3ccc([N+](=O)[O-])cc3)c2n1. The van der Waals surface area contributed by atoms with E-state index in [0.29, 0.717) is 0 Å². The molecule has 0 atom stereocenters. The van der Waals surface area contributed by atoms with Gasteiger partial charge in [0.1, 0.15) is 0 Å². The molecule has 2 aromatic carbocycles. The predicted octanol–water partition coefficient (Wildman–Crippen LogP) is 4.74. The van der Waals surface area contributed by atoms with Crippen LogP contribution in [-0.4, -0.2) is 9.91 Å². The number of aromatic nitrogens is 1. The van der Waals surface area contributed by atoms with Gasteiger partial charge in [0, 0.05) is 33.9 Å². The summed E-state index contributed by atoms with van der Waals surface area (Å²) in [6, 6.07) is 16.9. The zero-order valence-corrected chi connectivity index (χ0v) is 12.8. The summed E-state index contributed by atoms with van der Waals surface area (Å²) in [6.07, 6.45) is 0. The maximum atomic E-state index is 10.7. The van der Waals surface area contributed by atoms with Crippen molar-refractivity contribution in [1.29, 1.82) is 0 Å². The molecule has 0 amide bonds. The number of nitrogens with zero attached hydrogens (tertiary/aromatic N) is 2. The van der Waals surface area contributed by atoms with Crippen LogP contribution < -0.4 is 0 Å². The van der Waals surface area contributed by atoms with Gasteiger partial charge in [0.05, 0.1) is 10.4 Å². The molecular weight excluding hydrogens is 296 g/mol. The second-order valence-electron chi connectivity index (χ2n) is 4.99. The average molecular weight is 310 g/mol. The largest absolute Gasteiger partial charge is 0.269 e. The van der Waals surface area contributed by atoms with E-state index in [2.05, 4.69) is 23.2 Å². The van der Waals surface area contributed by atoms with Gasteiger partial charge in [-0.1, -0.05) is 30.3 Å². The normalized spacial score (nSPS) is 10.8. The molecule has 0 aliphatic carbocycles. The van der Waals surface area contributed by atoms with Gasteiger partial charge >= 0.3 is 0 Å². The molecule has 5 heteroatoms. The Morgan fingerprint density at radius 2 is 1.86 bits per heavy atom. The summed E-state index contributed by atoms with van der Waals surface area (Å²) >= 11 is 1.69. The van der Waals surface area contributed by atoms with Gasteiger partial charge in [-0.3, -0.25) is 15.1 Å². The van der Waals surface area contributed by atoms with E-state index in [1.165, 1.54) is 0 Å². The molecule has 22 heavy (non-hydrogen) atoms. The van der Waals surface area contributed by atoms with Crippen molar-refractivity contribution < 1.29 is 4.92 Å². The van der Waals surface area contributed by atoms with E-state index < -0.39 is 0 Å². The van der Waals surface area contributed by atoms with Crippen molar-refractivity contribution in [2.75, 3.05) is 0 Å². The Labute approximate surface area is 132 Å². The first-order valence-electron chi connectivity index (χ1n) is 6.86. The third-order valence-electron chi connectivity index (χ3n) is 3.36. The van der Waals surface area contributed by atoms with Gasteiger partial charge in [-0.15, -0.1) is 11.8 Å². The van der Waals surface area contributed by atoms with Crippen molar-refractivity contribution >= 4 is 28.4 Å². The van der Waals surface area contributed by atoms with Crippen LogP contribution in [0.25, 0.3) is 10.9 Å². The average Bonchev–Trinajstić information content (AvgIpc) is 2.53. The van der Waals surface area contributed by atoms with Gasteiger partial charge in [-0.2, -0.15) is 0 Å². The molecular formula is C17H14N2O2S. The zero-order valence-electron chi connectivity index (χ0n) is 12.0. The van der Waals surface area contributed by atoms with Crippen molar-refractivity contribution in [1.82, 2.24) is 4.98 Å². The van der Waals surface area contributed by atoms with Crippen molar-refractivity contribution in [2.45, 2.75) is 17.6 Å². The number of non-ortho nitro benzene ring substituents is 1. The highest BCUT2D eigenvalue weighted by Gasteiger charge is 2.06. The van der Waals surface area contributed by atoms with E-state index >= 15 is 0 Å². The lowest BCUT2D eigenvalue weighted by Gasteiger charge is -2.06. The molecule has 0 fully saturated rings. The smallest absolute Gasteiger partial charge is 0.258 e. The Morgan fingerprint density at radius 3 is 2.59 bits per heavy atom. The number of thioether (sulfide) groups is 1. The Morgan fingerprint density at radius 1 is 1.09 bits per heavy atom. The first-order valence-corrected chi connectivity index (χ1v) is 7.84. The number of pyridine rings is 1. The summed E-state index contributed by atoms with van der Waals surface area (Å²) in [7, 11) is 0. The van der Waals surface area contributed by atoms with E-state index in [-0.39, 0.29) is 10.6 Å². The third-order valence-corrected chi connectivity index (χ3v) is 4.48. The lowest BCUT2D eigenvalue weighted by Crippen LogP contribution is -1.89. The summed E-state index contributed by atoms with van der Waals surface area (Å²) in [5.74, 6) is 0.757. The lowest BCUT2D eigenvalue weighted by atomic mass is 10.2. The molecule has 0 saturated carbocycles. The molecule has 0 unspecified atom stereocenters. The Bertz CT molecular complexity index is 832. The quantitative estimate of drug-likeness (QED) is 0.396. The number of hydrogen-bond donors (Lipinski definition) is 0. The molecule has 0 radical (unpaired) electrons. The molecule has 110 valence electrons. The highest BCUT2D eigenvalue weighted by Crippen LogP contribution is 2.29. The van der Waals surface area contributed by atoms with Crippen molar-refractivity contribution in [2.24, 2.45) is 0 Å². The number of benzene rings is 2. The van der Waals surface area contributed by atoms with Gasteiger partial charge in [-0.05, 0) is 24.6 Å². The van der Waals surface area contributed by atoms with Crippen LogP contribution in [0.15, 0.2) is 59.5 Å². The standard InChI is InChI=1S/C17H14N2O2S/c1-12-5-8-14-3-2-4-16(17(14)18-12)22-11-13-6-9-15(10-7-13)19(20)21/h2-10H,11H2,1H3. The number of nitro benzene ring substituents is 1. The van der Waals surface area contributed by atoms with Crippen molar-refractivity contribution in [3.05, 3.63) is 76.0 Å². The second kappa shape index (κ2) is 6.15. The monoisotopic (exact) mass is 310 g/mol. The van der Waals surface area contributed by atoms with Crippen LogP contribution in [0, 0.1) is 17.0 Å². The Hall–Kier alpha value is -2.40. The molecule has 0 spiro atoms. The molecule has 1 aromatic heterocycles. The lowest BCUT2D eigenvalue weighted by molar-refractivity contribution is -0.384. The predicted molar refractivity (Wildman–Crippen MR) is 89.1 cm³/mol. The molecule has 0 N–H and O–H groups in total. The minimum Gasteiger partial charge on any atom is -0.258 e. The molecule has 4 nitrogen and oxygen atoms in total. The van der Waals surface area contributed by atoms with Crippen LogP contribution in [0.5, 0.6) is 0 Å². The Kier molecular flexibility index (Phi) is 4.06. The van der Waals surface area contributed by atoms with Crippen LogP contribution in [-0.2, 0) is 5.75 Å².